The molecule has 174 valence electrons. The Morgan fingerprint density at radius 3 is 1.82 bits per heavy atom. The second-order valence-corrected chi connectivity index (χ2v) is 8.71. The van der Waals surface area contributed by atoms with Gasteiger partial charge in [-0.3, -0.25) is 0 Å². The molecule has 4 aromatic rings. The first-order valence-corrected chi connectivity index (χ1v) is 11.9. The van der Waals surface area contributed by atoms with Crippen molar-refractivity contribution in [3.8, 4) is 16.9 Å². The van der Waals surface area contributed by atoms with Crippen LogP contribution in [0.2, 0.25) is 0 Å². The van der Waals surface area contributed by atoms with Crippen molar-refractivity contribution in [2.75, 3.05) is 6.61 Å². The van der Waals surface area contributed by atoms with Crippen LogP contribution < -0.4 is 4.74 Å². The van der Waals surface area contributed by atoms with Crippen molar-refractivity contribution in [1.82, 2.24) is 0 Å². The molecule has 0 unspecified atom stereocenters. The predicted octanol–water partition coefficient (Wildman–Crippen LogP) is 8.16. The summed E-state index contributed by atoms with van der Waals surface area (Å²) in [6, 6.07) is 28.8. The maximum atomic E-state index is 14.9. The van der Waals surface area contributed by atoms with Gasteiger partial charge in [0.25, 0.3) is 0 Å². The molecule has 4 aromatic carbocycles. The van der Waals surface area contributed by atoms with Gasteiger partial charge in [0.05, 0.1) is 6.61 Å². The SMILES string of the molecule is CCOc1ccc(CCc2ccc(-c3cc(F)c(C[C@@H](C)c4ccccc4)c(F)c3)cc2)cc1. The molecule has 4 rings (SSSR count). The monoisotopic (exact) mass is 456 g/mol. The average molecular weight is 457 g/mol. The summed E-state index contributed by atoms with van der Waals surface area (Å²) in [4.78, 5) is 0. The first-order valence-electron chi connectivity index (χ1n) is 11.9. The van der Waals surface area contributed by atoms with Gasteiger partial charge in [0.1, 0.15) is 17.4 Å². The van der Waals surface area contributed by atoms with Gasteiger partial charge < -0.3 is 4.74 Å². The predicted molar refractivity (Wildman–Crippen MR) is 135 cm³/mol. The fraction of sp³-hybridized carbons (Fsp3) is 0.226. The molecule has 1 atom stereocenters. The van der Waals surface area contributed by atoms with Crippen molar-refractivity contribution in [2.45, 2.75) is 39.0 Å². The van der Waals surface area contributed by atoms with Crippen molar-refractivity contribution >= 4 is 0 Å². The summed E-state index contributed by atoms with van der Waals surface area (Å²) in [5.74, 6) is -0.0592. The molecular formula is C31H30F2O. The van der Waals surface area contributed by atoms with Gasteiger partial charge in [0.15, 0.2) is 0 Å². The lowest BCUT2D eigenvalue weighted by molar-refractivity contribution is 0.340. The summed E-state index contributed by atoms with van der Waals surface area (Å²) in [7, 11) is 0. The van der Waals surface area contributed by atoms with E-state index in [0.29, 0.717) is 18.6 Å². The van der Waals surface area contributed by atoms with Crippen LogP contribution in [0.5, 0.6) is 5.75 Å². The molecule has 0 bridgehead atoms. The van der Waals surface area contributed by atoms with E-state index in [1.54, 1.807) is 0 Å². The molecule has 34 heavy (non-hydrogen) atoms. The summed E-state index contributed by atoms with van der Waals surface area (Å²) in [5, 5.41) is 0. The first-order chi connectivity index (χ1) is 16.5. The molecule has 0 heterocycles. The second-order valence-electron chi connectivity index (χ2n) is 8.71. The molecule has 0 N–H and O–H groups in total. The lowest BCUT2D eigenvalue weighted by atomic mass is 9.92. The smallest absolute Gasteiger partial charge is 0.129 e. The lowest BCUT2D eigenvalue weighted by Gasteiger charge is -2.14. The molecule has 0 amide bonds. The third-order valence-electron chi connectivity index (χ3n) is 6.24. The highest BCUT2D eigenvalue weighted by Crippen LogP contribution is 2.29. The number of benzene rings is 4. The highest BCUT2D eigenvalue weighted by Gasteiger charge is 2.16. The van der Waals surface area contributed by atoms with Gasteiger partial charge in [-0.15, -0.1) is 0 Å². The normalized spacial score (nSPS) is 11.9. The minimum atomic E-state index is -0.489. The van der Waals surface area contributed by atoms with Gasteiger partial charge in [-0.2, -0.15) is 0 Å². The van der Waals surface area contributed by atoms with Crippen molar-refractivity contribution in [3.05, 3.63) is 125 Å². The van der Waals surface area contributed by atoms with Crippen molar-refractivity contribution in [1.29, 1.82) is 0 Å². The summed E-state index contributed by atoms with van der Waals surface area (Å²) in [6.07, 6.45) is 2.14. The summed E-state index contributed by atoms with van der Waals surface area (Å²) in [6.45, 7) is 4.63. The number of halogens is 2. The molecule has 0 fully saturated rings. The third kappa shape index (κ3) is 5.91. The van der Waals surface area contributed by atoms with Crippen molar-refractivity contribution in [2.24, 2.45) is 0 Å². The number of hydrogen-bond acceptors (Lipinski definition) is 1. The second kappa shape index (κ2) is 11.1. The van der Waals surface area contributed by atoms with Crippen LogP contribution >= 0.6 is 0 Å². The van der Waals surface area contributed by atoms with Gasteiger partial charge in [-0.25, -0.2) is 8.78 Å². The Morgan fingerprint density at radius 2 is 1.26 bits per heavy atom. The Kier molecular flexibility index (Phi) is 7.74. The Bertz CT molecular complexity index is 1180. The minimum Gasteiger partial charge on any atom is -0.494 e. The van der Waals surface area contributed by atoms with E-state index in [1.807, 2.05) is 80.6 Å². The molecule has 0 saturated heterocycles. The molecule has 0 aromatic heterocycles. The zero-order valence-corrected chi connectivity index (χ0v) is 19.7. The van der Waals surface area contributed by atoms with E-state index < -0.39 is 11.6 Å². The molecule has 1 nitrogen and oxygen atoms in total. The fourth-order valence-electron chi connectivity index (χ4n) is 4.24. The summed E-state index contributed by atoms with van der Waals surface area (Å²) < 4.78 is 35.3. The van der Waals surface area contributed by atoms with Crippen LogP contribution in [0, 0.1) is 11.6 Å². The minimum absolute atomic E-state index is 0.0331. The highest BCUT2D eigenvalue weighted by atomic mass is 19.1. The molecule has 3 heteroatoms. The van der Waals surface area contributed by atoms with Crippen molar-refractivity contribution < 1.29 is 13.5 Å². The zero-order chi connectivity index (χ0) is 23.9. The Morgan fingerprint density at radius 1 is 0.706 bits per heavy atom. The molecule has 0 spiro atoms. The molecule has 0 aliphatic carbocycles. The van der Waals surface area contributed by atoms with Crippen molar-refractivity contribution in [3.63, 3.8) is 0 Å². The van der Waals surface area contributed by atoms with Crippen LogP contribution in [0.3, 0.4) is 0 Å². The summed E-state index contributed by atoms with van der Waals surface area (Å²) >= 11 is 0. The molecule has 0 saturated carbocycles. The van der Waals surface area contributed by atoms with E-state index in [1.165, 1.54) is 23.3 Å². The van der Waals surface area contributed by atoms with E-state index in [2.05, 4.69) is 12.1 Å². The molecule has 0 aliphatic heterocycles. The molecule has 0 radical (unpaired) electrons. The number of hydrogen-bond donors (Lipinski definition) is 0. The first kappa shape index (κ1) is 23.7. The molecule has 0 aliphatic rings. The lowest BCUT2D eigenvalue weighted by Crippen LogP contribution is -2.04. The topological polar surface area (TPSA) is 9.23 Å². The largest absolute Gasteiger partial charge is 0.494 e. The van der Waals surface area contributed by atoms with E-state index in [-0.39, 0.29) is 11.5 Å². The maximum Gasteiger partial charge on any atom is 0.129 e. The Balaban J connectivity index is 1.42. The Labute approximate surface area is 201 Å². The van der Waals surface area contributed by atoms with E-state index in [4.69, 9.17) is 4.74 Å². The Hall–Kier alpha value is -3.46. The van der Waals surface area contributed by atoms with E-state index in [9.17, 15) is 8.78 Å². The number of rotatable bonds is 9. The summed E-state index contributed by atoms with van der Waals surface area (Å²) in [5.41, 5.74) is 5.02. The van der Waals surface area contributed by atoms with Gasteiger partial charge in [0, 0.05) is 5.56 Å². The fourth-order valence-corrected chi connectivity index (χ4v) is 4.24. The maximum absolute atomic E-state index is 14.9. The highest BCUT2D eigenvalue weighted by molar-refractivity contribution is 5.64. The third-order valence-corrected chi connectivity index (χ3v) is 6.24. The van der Waals surface area contributed by atoms with E-state index >= 15 is 0 Å². The van der Waals surface area contributed by atoms with Crippen LogP contribution in [-0.2, 0) is 19.3 Å². The van der Waals surface area contributed by atoms with Gasteiger partial charge in [-0.05, 0) is 84.2 Å². The van der Waals surface area contributed by atoms with Crippen LogP contribution in [0.25, 0.3) is 11.1 Å². The standard InChI is InChI=1S/C31H30F2O/c1-3-34-28-17-13-24(14-18-28)10-9-23-11-15-26(16-12-23)27-20-30(32)29(31(33)21-27)19-22(2)25-7-5-4-6-8-25/h4-8,11-18,20-22H,3,9-10,19H2,1-2H3/t22-/m1/s1. The van der Waals surface area contributed by atoms with Gasteiger partial charge >= 0.3 is 0 Å². The van der Waals surface area contributed by atoms with Gasteiger partial charge in [0.2, 0.25) is 0 Å². The van der Waals surface area contributed by atoms with Crippen LogP contribution in [0.15, 0.2) is 91.0 Å². The average Bonchev–Trinajstić information content (AvgIpc) is 2.86. The quantitative estimate of drug-likeness (QED) is 0.247. The molecular weight excluding hydrogens is 426 g/mol. The number of ether oxygens (including phenoxy) is 1. The zero-order valence-electron chi connectivity index (χ0n) is 19.7. The van der Waals surface area contributed by atoms with Gasteiger partial charge in [-0.1, -0.05) is 73.7 Å². The van der Waals surface area contributed by atoms with Crippen LogP contribution in [0.1, 0.15) is 42.0 Å². The van der Waals surface area contributed by atoms with E-state index in [0.717, 1.165) is 29.7 Å². The van der Waals surface area contributed by atoms with Crippen LogP contribution in [-0.4, -0.2) is 6.61 Å². The van der Waals surface area contributed by atoms with Crippen LogP contribution in [0.4, 0.5) is 8.78 Å². The number of aryl methyl sites for hydroxylation is 2.